The maximum atomic E-state index is 11.4. The highest BCUT2D eigenvalue weighted by molar-refractivity contribution is 6.68. The third-order valence-corrected chi connectivity index (χ3v) is 3.15. The number of rotatable bonds is 4. The molecule has 1 aromatic rings. The van der Waals surface area contributed by atoms with E-state index in [4.69, 9.17) is 51.1 Å². The zero-order valence-corrected chi connectivity index (χ0v) is 12.8. The van der Waals surface area contributed by atoms with Gasteiger partial charge in [0, 0.05) is 5.02 Å². The summed E-state index contributed by atoms with van der Waals surface area (Å²) in [5.41, 5.74) is 0.820. The van der Waals surface area contributed by atoms with E-state index in [2.05, 4.69) is 5.32 Å². The Morgan fingerprint density at radius 3 is 2.63 bits per heavy atom. The average Bonchev–Trinajstić information content (AvgIpc) is 2.29. The summed E-state index contributed by atoms with van der Waals surface area (Å²) >= 11 is 22.0. The van der Waals surface area contributed by atoms with Crippen LogP contribution >= 0.6 is 46.4 Å². The van der Waals surface area contributed by atoms with Gasteiger partial charge in [-0.05, 0) is 30.7 Å². The molecule has 19 heavy (non-hydrogen) atoms. The summed E-state index contributed by atoms with van der Waals surface area (Å²) < 4.78 is 3.21. The van der Waals surface area contributed by atoms with E-state index >= 15 is 0 Å². The van der Waals surface area contributed by atoms with Gasteiger partial charge >= 0.3 is 0 Å². The summed E-state index contributed by atoms with van der Waals surface area (Å²) in [7, 11) is 0. The number of carbonyl (C=O) groups excluding carboxylic acids is 1. The van der Waals surface area contributed by atoms with Crippen LogP contribution in [0, 0.1) is 6.92 Å². The Bertz CT molecular complexity index is 462. The van der Waals surface area contributed by atoms with Crippen LogP contribution < -0.4 is 10.1 Å². The number of ether oxygens (including phenoxy) is 1. The maximum Gasteiger partial charge on any atom is 0.260 e. The van der Waals surface area contributed by atoms with E-state index in [1.165, 1.54) is 0 Å². The molecule has 0 aromatic heterocycles. The zero-order chi connectivity index (χ0) is 14.6. The van der Waals surface area contributed by atoms with Crippen LogP contribution in [0.25, 0.3) is 0 Å². The molecule has 0 spiro atoms. The average molecular weight is 347 g/mol. The predicted molar refractivity (Wildman–Crippen MR) is 76.1 cm³/mol. The summed E-state index contributed by atoms with van der Waals surface area (Å²) in [5.74, 6) is -0.146. The highest BCUT2D eigenvalue weighted by Crippen LogP contribution is 2.28. The van der Waals surface area contributed by atoms with Crippen molar-refractivity contribution in [3.63, 3.8) is 0 Å². The van der Waals surface area contributed by atoms with E-state index in [1.54, 1.807) is 18.2 Å². The molecule has 0 aliphatic rings. The molecule has 2 N–H and O–H groups in total. The second-order valence-corrected chi connectivity index (χ2v) is 6.49. The maximum absolute atomic E-state index is 11.4. The standard InChI is InChI=1S/C11H11Cl4NO3/c1-6-4-7(2-3-8(6)12)19-5-9(17)16-10(18)11(13,14)15/h2-4,10,18H,5H2,1H3,(H,16,17)/t10-/m0/s1. The molecule has 0 saturated carbocycles. The van der Waals surface area contributed by atoms with Gasteiger partial charge in [-0.1, -0.05) is 46.4 Å². The molecule has 0 unspecified atom stereocenters. The Morgan fingerprint density at radius 1 is 1.47 bits per heavy atom. The molecule has 0 fully saturated rings. The Labute approximate surface area is 130 Å². The van der Waals surface area contributed by atoms with E-state index in [-0.39, 0.29) is 6.61 Å². The largest absolute Gasteiger partial charge is 0.484 e. The molecule has 106 valence electrons. The molecule has 0 aliphatic heterocycles. The molecule has 4 nitrogen and oxygen atoms in total. The predicted octanol–water partition coefficient (Wildman–Crippen LogP) is 2.83. The fourth-order valence-electron chi connectivity index (χ4n) is 1.13. The smallest absolute Gasteiger partial charge is 0.260 e. The molecule has 1 amide bonds. The summed E-state index contributed by atoms with van der Waals surface area (Å²) in [4.78, 5) is 11.4. The highest BCUT2D eigenvalue weighted by atomic mass is 35.6. The van der Waals surface area contributed by atoms with Crippen molar-refractivity contribution in [1.29, 1.82) is 0 Å². The molecule has 1 atom stereocenters. The number of hydrogen-bond donors (Lipinski definition) is 2. The quantitative estimate of drug-likeness (QED) is 0.651. The minimum atomic E-state index is -1.99. The lowest BCUT2D eigenvalue weighted by Gasteiger charge is -2.19. The minimum absolute atomic E-state index is 0.321. The SMILES string of the molecule is Cc1cc(OCC(=O)N[C@@H](O)C(Cl)(Cl)Cl)ccc1Cl. The number of carbonyl (C=O) groups is 1. The topological polar surface area (TPSA) is 58.6 Å². The third kappa shape index (κ3) is 5.63. The van der Waals surface area contributed by atoms with E-state index in [9.17, 15) is 9.90 Å². The van der Waals surface area contributed by atoms with E-state index in [0.717, 1.165) is 5.56 Å². The van der Waals surface area contributed by atoms with Crippen molar-refractivity contribution in [3.8, 4) is 5.75 Å². The van der Waals surface area contributed by atoms with Crippen LogP contribution in [0.15, 0.2) is 18.2 Å². The van der Waals surface area contributed by atoms with Crippen molar-refractivity contribution in [2.45, 2.75) is 16.9 Å². The molecule has 8 heteroatoms. The third-order valence-electron chi connectivity index (χ3n) is 2.11. The van der Waals surface area contributed by atoms with Gasteiger partial charge in [0.25, 0.3) is 5.91 Å². The van der Waals surface area contributed by atoms with Crippen LogP contribution in [0.2, 0.25) is 5.02 Å². The highest BCUT2D eigenvalue weighted by Gasteiger charge is 2.32. The van der Waals surface area contributed by atoms with Crippen molar-refractivity contribution < 1.29 is 14.6 Å². The summed E-state index contributed by atoms with van der Waals surface area (Å²) in [6, 6.07) is 4.95. The summed E-state index contributed by atoms with van der Waals surface area (Å²) in [6.45, 7) is 1.49. The number of benzene rings is 1. The first-order valence-corrected chi connectivity index (χ1v) is 6.64. The monoisotopic (exact) mass is 345 g/mol. The van der Waals surface area contributed by atoms with Crippen LogP contribution in [-0.2, 0) is 4.79 Å². The normalized spacial score (nSPS) is 12.9. The number of aryl methyl sites for hydroxylation is 1. The lowest BCUT2D eigenvalue weighted by molar-refractivity contribution is -0.126. The van der Waals surface area contributed by atoms with Crippen molar-refractivity contribution in [1.82, 2.24) is 5.32 Å². The molecule has 0 heterocycles. The van der Waals surface area contributed by atoms with Gasteiger partial charge in [0.1, 0.15) is 5.75 Å². The van der Waals surface area contributed by atoms with Crippen molar-refractivity contribution in [3.05, 3.63) is 28.8 Å². The van der Waals surface area contributed by atoms with Crippen LogP contribution in [0.4, 0.5) is 0 Å². The first-order chi connectivity index (χ1) is 8.70. The molecular formula is C11H11Cl4NO3. The lowest BCUT2D eigenvalue weighted by atomic mass is 10.2. The fraction of sp³-hybridized carbons (Fsp3) is 0.364. The Hall–Kier alpha value is -0.390. The summed E-state index contributed by atoms with van der Waals surface area (Å²) in [6.07, 6.45) is -1.61. The summed E-state index contributed by atoms with van der Waals surface area (Å²) in [5, 5.41) is 12.0. The van der Waals surface area contributed by atoms with Gasteiger partial charge < -0.3 is 15.2 Å². The first kappa shape index (κ1) is 16.7. The zero-order valence-electron chi connectivity index (χ0n) is 9.79. The van der Waals surface area contributed by atoms with Gasteiger partial charge in [0.05, 0.1) is 0 Å². The van der Waals surface area contributed by atoms with Crippen molar-refractivity contribution >= 4 is 52.3 Å². The molecule has 1 aromatic carbocycles. The van der Waals surface area contributed by atoms with Gasteiger partial charge in [0.15, 0.2) is 12.8 Å². The minimum Gasteiger partial charge on any atom is -0.484 e. The number of halogens is 4. The first-order valence-electron chi connectivity index (χ1n) is 5.13. The van der Waals surface area contributed by atoms with Crippen molar-refractivity contribution in [2.75, 3.05) is 6.61 Å². The molecule has 1 rings (SSSR count). The number of alkyl halides is 3. The van der Waals surface area contributed by atoms with E-state index < -0.39 is 15.9 Å². The number of aliphatic hydroxyl groups excluding tert-OH is 1. The van der Waals surface area contributed by atoms with Gasteiger partial charge in [-0.15, -0.1) is 0 Å². The second kappa shape index (κ2) is 6.86. The van der Waals surface area contributed by atoms with Crippen molar-refractivity contribution in [2.24, 2.45) is 0 Å². The Kier molecular flexibility index (Phi) is 6.02. The number of nitrogens with one attached hydrogen (secondary N) is 1. The number of aliphatic hydroxyl groups is 1. The van der Waals surface area contributed by atoms with Gasteiger partial charge in [-0.25, -0.2) is 0 Å². The Morgan fingerprint density at radius 2 is 2.11 bits per heavy atom. The molecule has 0 bridgehead atoms. The molecule has 0 saturated heterocycles. The number of amides is 1. The van der Waals surface area contributed by atoms with Crippen LogP contribution in [0.1, 0.15) is 5.56 Å². The van der Waals surface area contributed by atoms with E-state index in [0.29, 0.717) is 10.8 Å². The van der Waals surface area contributed by atoms with E-state index in [1.807, 2.05) is 6.92 Å². The van der Waals surface area contributed by atoms with Gasteiger partial charge in [-0.2, -0.15) is 0 Å². The van der Waals surface area contributed by atoms with Gasteiger partial charge in [-0.3, -0.25) is 4.79 Å². The molecule has 0 radical (unpaired) electrons. The Balaban J connectivity index is 2.48. The molecule has 0 aliphatic carbocycles. The van der Waals surface area contributed by atoms with Gasteiger partial charge in [0.2, 0.25) is 3.79 Å². The van der Waals surface area contributed by atoms with Crippen LogP contribution in [0.3, 0.4) is 0 Å². The molecular weight excluding hydrogens is 336 g/mol. The van der Waals surface area contributed by atoms with Crippen LogP contribution in [0.5, 0.6) is 5.75 Å². The van der Waals surface area contributed by atoms with Crippen LogP contribution in [-0.4, -0.2) is 27.6 Å². The lowest BCUT2D eigenvalue weighted by Crippen LogP contribution is -2.45. The number of hydrogen-bond acceptors (Lipinski definition) is 3. The fourth-order valence-corrected chi connectivity index (χ4v) is 1.41. The second-order valence-electron chi connectivity index (χ2n) is 3.71.